The molecule has 0 saturated heterocycles. The first-order chi connectivity index (χ1) is 7.95. The minimum atomic E-state index is -0.888. The summed E-state index contributed by atoms with van der Waals surface area (Å²) >= 11 is 0. The molecule has 0 heterocycles. The molecular weight excluding hydrogens is 224 g/mol. The maximum atomic E-state index is 11.1. The number of benzene rings is 1. The third-order valence-electron chi connectivity index (χ3n) is 2.38. The van der Waals surface area contributed by atoms with E-state index in [1.165, 1.54) is 13.2 Å². The van der Waals surface area contributed by atoms with E-state index in [-0.39, 0.29) is 12.1 Å². The van der Waals surface area contributed by atoms with E-state index in [2.05, 4.69) is 4.74 Å². The maximum Gasteiger partial charge on any atom is 0.322 e. The van der Waals surface area contributed by atoms with Gasteiger partial charge in [0.2, 0.25) is 0 Å². The molecule has 0 fully saturated rings. The molecule has 1 aromatic carbocycles. The van der Waals surface area contributed by atoms with Crippen LogP contribution in [0.15, 0.2) is 18.2 Å². The van der Waals surface area contributed by atoms with Crippen molar-refractivity contribution in [2.24, 2.45) is 5.73 Å². The van der Waals surface area contributed by atoms with Crippen molar-refractivity contribution in [2.45, 2.75) is 19.4 Å². The molecule has 1 atom stereocenters. The Labute approximate surface area is 98.5 Å². The van der Waals surface area contributed by atoms with Crippen LogP contribution in [0, 0.1) is 17.0 Å². The number of methoxy groups -OCH3 is 1. The smallest absolute Gasteiger partial charge is 0.322 e. The van der Waals surface area contributed by atoms with Crippen LogP contribution in [-0.4, -0.2) is 24.0 Å². The quantitative estimate of drug-likeness (QED) is 0.478. The molecule has 0 radical (unpaired) electrons. The van der Waals surface area contributed by atoms with E-state index in [0.29, 0.717) is 5.56 Å². The molecule has 0 aliphatic heterocycles. The molecule has 6 heteroatoms. The molecule has 0 saturated carbocycles. The van der Waals surface area contributed by atoms with Crippen molar-refractivity contribution >= 4 is 11.7 Å². The molecule has 0 aliphatic carbocycles. The monoisotopic (exact) mass is 238 g/mol. The lowest BCUT2D eigenvalue weighted by molar-refractivity contribution is -0.385. The normalized spacial score (nSPS) is 11.9. The summed E-state index contributed by atoms with van der Waals surface area (Å²) in [6, 6.07) is 3.92. The summed E-state index contributed by atoms with van der Waals surface area (Å²) in [5, 5.41) is 10.8. The Morgan fingerprint density at radius 3 is 2.76 bits per heavy atom. The Bertz CT molecular complexity index is 445. The third kappa shape index (κ3) is 3.25. The minimum absolute atomic E-state index is 0.0237. The van der Waals surface area contributed by atoms with E-state index in [9.17, 15) is 14.9 Å². The van der Waals surface area contributed by atoms with Crippen LogP contribution in [0.4, 0.5) is 5.69 Å². The average Bonchev–Trinajstić information content (AvgIpc) is 2.29. The van der Waals surface area contributed by atoms with E-state index in [0.717, 1.165) is 5.56 Å². The second-order valence-corrected chi connectivity index (χ2v) is 3.72. The fourth-order valence-electron chi connectivity index (χ4n) is 1.49. The second-order valence-electron chi connectivity index (χ2n) is 3.72. The van der Waals surface area contributed by atoms with Gasteiger partial charge in [-0.2, -0.15) is 0 Å². The first-order valence-electron chi connectivity index (χ1n) is 5.03. The van der Waals surface area contributed by atoms with Crippen LogP contribution in [0.5, 0.6) is 0 Å². The predicted octanol–water partition coefficient (Wildman–Crippen LogP) is 0.946. The van der Waals surface area contributed by atoms with E-state index in [1.54, 1.807) is 19.1 Å². The Kier molecular flexibility index (Phi) is 4.17. The van der Waals surface area contributed by atoms with Gasteiger partial charge in [0, 0.05) is 18.1 Å². The lowest BCUT2D eigenvalue weighted by Crippen LogP contribution is -2.33. The number of esters is 1. The van der Waals surface area contributed by atoms with Gasteiger partial charge in [0.05, 0.1) is 12.0 Å². The molecule has 0 spiro atoms. The van der Waals surface area contributed by atoms with E-state index in [4.69, 9.17) is 5.73 Å². The van der Waals surface area contributed by atoms with Gasteiger partial charge in [-0.15, -0.1) is 0 Å². The van der Waals surface area contributed by atoms with Crippen molar-refractivity contribution < 1.29 is 14.5 Å². The van der Waals surface area contributed by atoms with Crippen molar-refractivity contribution in [1.29, 1.82) is 0 Å². The minimum Gasteiger partial charge on any atom is -0.468 e. The van der Waals surface area contributed by atoms with Crippen LogP contribution >= 0.6 is 0 Å². The number of aryl methyl sites for hydroxylation is 1. The van der Waals surface area contributed by atoms with Crippen molar-refractivity contribution in [2.75, 3.05) is 7.11 Å². The number of hydrogen-bond acceptors (Lipinski definition) is 5. The molecule has 0 unspecified atom stereocenters. The van der Waals surface area contributed by atoms with Gasteiger partial charge in [0.1, 0.15) is 6.04 Å². The van der Waals surface area contributed by atoms with Gasteiger partial charge in [-0.3, -0.25) is 14.9 Å². The van der Waals surface area contributed by atoms with Gasteiger partial charge < -0.3 is 10.5 Å². The number of hydrogen-bond donors (Lipinski definition) is 1. The Hall–Kier alpha value is -1.95. The highest BCUT2D eigenvalue weighted by Crippen LogP contribution is 2.21. The van der Waals surface area contributed by atoms with Crippen molar-refractivity contribution in [3.8, 4) is 0 Å². The maximum absolute atomic E-state index is 11.1. The van der Waals surface area contributed by atoms with Crippen molar-refractivity contribution in [3.05, 3.63) is 39.4 Å². The molecular formula is C11H14N2O4. The van der Waals surface area contributed by atoms with E-state index < -0.39 is 16.9 Å². The highest BCUT2D eigenvalue weighted by molar-refractivity contribution is 5.76. The summed E-state index contributed by atoms with van der Waals surface area (Å²) in [6.45, 7) is 1.76. The van der Waals surface area contributed by atoms with Crippen LogP contribution in [0.1, 0.15) is 11.1 Å². The van der Waals surface area contributed by atoms with E-state index >= 15 is 0 Å². The summed E-state index contributed by atoms with van der Waals surface area (Å²) in [5.74, 6) is -0.583. The second kappa shape index (κ2) is 5.40. The van der Waals surface area contributed by atoms with Gasteiger partial charge in [-0.05, 0) is 12.5 Å². The Morgan fingerprint density at radius 2 is 2.24 bits per heavy atom. The molecule has 17 heavy (non-hydrogen) atoms. The average molecular weight is 238 g/mol. The first-order valence-corrected chi connectivity index (χ1v) is 5.03. The summed E-state index contributed by atoms with van der Waals surface area (Å²) in [7, 11) is 1.23. The van der Waals surface area contributed by atoms with Crippen LogP contribution in [0.3, 0.4) is 0 Å². The summed E-state index contributed by atoms with van der Waals surface area (Å²) in [5.41, 5.74) is 6.76. The number of ether oxygens (including phenoxy) is 1. The number of nitro groups is 1. The van der Waals surface area contributed by atoms with Gasteiger partial charge >= 0.3 is 5.97 Å². The van der Waals surface area contributed by atoms with Crippen LogP contribution in [-0.2, 0) is 16.0 Å². The van der Waals surface area contributed by atoms with Gasteiger partial charge in [-0.25, -0.2) is 0 Å². The predicted molar refractivity (Wildman–Crippen MR) is 61.5 cm³/mol. The highest BCUT2D eigenvalue weighted by Gasteiger charge is 2.20. The third-order valence-corrected chi connectivity index (χ3v) is 2.38. The fourth-order valence-corrected chi connectivity index (χ4v) is 1.49. The highest BCUT2D eigenvalue weighted by atomic mass is 16.6. The Balaban J connectivity index is 2.98. The zero-order valence-corrected chi connectivity index (χ0v) is 9.67. The molecule has 0 bridgehead atoms. The molecule has 0 aromatic heterocycles. The van der Waals surface area contributed by atoms with Gasteiger partial charge in [-0.1, -0.05) is 12.1 Å². The topological polar surface area (TPSA) is 95.5 Å². The molecule has 1 aromatic rings. The fraction of sp³-hybridized carbons (Fsp3) is 0.364. The van der Waals surface area contributed by atoms with Gasteiger partial charge in [0.25, 0.3) is 5.69 Å². The number of rotatable bonds is 4. The largest absolute Gasteiger partial charge is 0.468 e. The Morgan fingerprint density at radius 1 is 1.59 bits per heavy atom. The van der Waals surface area contributed by atoms with Crippen molar-refractivity contribution in [1.82, 2.24) is 0 Å². The molecule has 2 N–H and O–H groups in total. The number of carbonyl (C=O) groups excluding carboxylic acids is 1. The summed E-state index contributed by atoms with van der Waals surface area (Å²) in [6.07, 6.45) is 0.0866. The summed E-state index contributed by atoms with van der Waals surface area (Å²) < 4.78 is 4.47. The van der Waals surface area contributed by atoms with Crippen LogP contribution < -0.4 is 5.73 Å². The molecule has 0 amide bonds. The molecule has 6 nitrogen and oxygen atoms in total. The summed E-state index contributed by atoms with van der Waals surface area (Å²) in [4.78, 5) is 21.5. The molecule has 1 rings (SSSR count). The molecule has 92 valence electrons. The van der Waals surface area contributed by atoms with Crippen LogP contribution in [0.25, 0.3) is 0 Å². The van der Waals surface area contributed by atoms with Crippen LogP contribution in [0.2, 0.25) is 0 Å². The zero-order chi connectivity index (χ0) is 13.0. The lowest BCUT2D eigenvalue weighted by atomic mass is 10.0. The standard InChI is InChI=1S/C11H14N2O4/c1-7-3-4-8(10(5-7)13(15)16)6-9(12)11(14)17-2/h3-5,9H,6,12H2,1-2H3/t9-/m1/s1. The lowest BCUT2D eigenvalue weighted by Gasteiger charge is -2.09. The SMILES string of the molecule is COC(=O)[C@H](N)Cc1ccc(C)cc1[N+](=O)[O-]. The number of carbonyl (C=O) groups is 1. The number of nitrogens with zero attached hydrogens (tertiary/aromatic N) is 1. The molecule has 0 aliphatic rings. The first kappa shape index (κ1) is 13.1. The zero-order valence-electron chi connectivity index (χ0n) is 9.67. The number of nitro benzene ring substituents is 1. The van der Waals surface area contributed by atoms with Crippen molar-refractivity contribution in [3.63, 3.8) is 0 Å². The van der Waals surface area contributed by atoms with Gasteiger partial charge in [0.15, 0.2) is 0 Å². The van der Waals surface area contributed by atoms with E-state index in [1.807, 2.05) is 0 Å². The number of nitrogens with two attached hydrogens (primary N) is 1.